The summed E-state index contributed by atoms with van der Waals surface area (Å²) < 4.78 is 2.11. The third-order valence-electron chi connectivity index (χ3n) is 6.25. The SMILES string of the molecule is CCCCCCN1C(=O)C(=Cc2c(N3CCN(CC)CC3)nc3ccccn3c2=O)SC1=S. The van der Waals surface area contributed by atoms with Crippen molar-refractivity contribution in [3.8, 4) is 0 Å². The van der Waals surface area contributed by atoms with Gasteiger partial charge in [0.15, 0.2) is 0 Å². The number of likely N-dealkylation sites (N-methyl/N-ethyl adjacent to an activating group) is 1. The van der Waals surface area contributed by atoms with Gasteiger partial charge in [0.1, 0.15) is 15.8 Å². The van der Waals surface area contributed by atoms with Crippen molar-refractivity contribution < 1.29 is 4.79 Å². The largest absolute Gasteiger partial charge is 0.353 e. The zero-order valence-corrected chi connectivity index (χ0v) is 21.0. The second kappa shape index (κ2) is 10.8. The molecule has 2 saturated heterocycles. The van der Waals surface area contributed by atoms with Crippen LogP contribution >= 0.6 is 24.0 Å². The highest BCUT2D eigenvalue weighted by atomic mass is 32.2. The molecule has 0 saturated carbocycles. The molecule has 0 unspecified atom stereocenters. The van der Waals surface area contributed by atoms with Crippen LogP contribution in [0.4, 0.5) is 5.82 Å². The van der Waals surface area contributed by atoms with Gasteiger partial charge in [-0.15, -0.1) is 0 Å². The van der Waals surface area contributed by atoms with E-state index in [2.05, 4.69) is 23.6 Å². The lowest BCUT2D eigenvalue weighted by atomic mass is 10.2. The maximum absolute atomic E-state index is 13.5. The molecule has 33 heavy (non-hydrogen) atoms. The highest BCUT2D eigenvalue weighted by Gasteiger charge is 2.32. The molecule has 2 aliphatic rings. The molecule has 2 aromatic heterocycles. The number of piperazine rings is 1. The average molecular weight is 486 g/mol. The fourth-order valence-electron chi connectivity index (χ4n) is 4.25. The summed E-state index contributed by atoms with van der Waals surface area (Å²) in [6, 6.07) is 5.53. The molecular formula is C24H31N5O2S2. The quantitative estimate of drug-likeness (QED) is 0.322. The average Bonchev–Trinajstić information content (AvgIpc) is 3.10. The van der Waals surface area contributed by atoms with Gasteiger partial charge in [-0.3, -0.25) is 18.9 Å². The monoisotopic (exact) mass is 485 g/mol. The summed E-state index contributed by atoms with van der Waals surface area (Å²) in [4.78, 5) is 38.2. The number of hydrogen-bond donors (Lipinski definition) is 0. The fourth-order valence-corrected chi connectivity index (χ4v) is 5.55. The first kappa shape index (κ1) is 23.9. The summed E-state index contributed by atoms with van der Waals surface area (Å²) in [6.45, 7) is 9.39. The molecule has 1 amide bonds. The van der Waals surface area contributed by atoms with E-state index in [0.29, 0.717) is 32.8 Å². The number of aromatic nitrogens is 2. The predicted octanol–water partition coefficient (Wildman–Crippen LogP) is 3.62. The highest BCUT2D eigenvalue weighted by Crippen LogP contribution is 2.34. The zero-order chi connectivity index (χ0) is 23.4. The number of unbranched alkanes of at least 4 members (excludes halogenated alkanes) is 3. The van der Waals surface area contributed by atoms with Crippen molar-refractivity contribution in [2.75, 3.05) is 44.2 Å². The van der Waals surface area contributed by atoms with E-state index in [1.807, 2.05) is 18.2 Å². The lowest BCUT2D eigenvalue weighted by molar-refractivity contribution is -0.122. The summed E-state index contributed by atoms with van der Waals surface area (Å²) in [6.07, 6.45) is 7.74. The number of hydrogen-bond acceptors (Lipinski definition) is 7. The molecule has 2 aliphatic heterocycles. The minimum absolute atomic E-state index is 0.110. The van der Waals surface area contributed by atoms with Gasteiger partial charge in [-0.05, 0) is 31.2 Å². The maximum Gasteiger partial charge on any atom is 0.267 e. The third-order valence-corrected chi connectivity index (χ3v) is 7.63. The van der Waals surface area contributed by atoms with E-state index in [9.17, 15) is 9.59 Å². The number of pyridine rings is 1. The Morgan fingerprint density at radius 1 is 1.09 bits per heavy atom. The van der Waals surface area contributed by atoms with Gasteiger partial charge in [-0.2, -0.15) is 0 Å². The van der Waals surface area contributed by atoms with Crippen LogP contribution in [0.1, 0.15) is 45.1 Å². The molecule has 176 valence electrons. The Morgan fingerprint density at radius 3 is 2.61 bits per heavy atom. The summed E-state index contributed by atoms with van der Waals surface area (Å²) >= 11 is 6.78. The van der Waals surface area contributed by atoms with Crippen molar-refractivity contribution in [2.45, 2.75) is 39.5 Å². The molecule has 0 atom stereocenters. The van der Waals surface area contributed by atoms with Gasteiger partial charge in [0.25, 0.3) is 11.5 Å². The summed E-state index contributed by atoms with van der Waals surface area (Å²) in [5.74, 6) is 0.538. The van der Waals surface area contributed by atoms with Crippen LogP contribution in [0, 0.1) is 0 Å². The van der Waals surface area contributed by atoms with Crippen LogP contribution in [0.15, 0.2) is 34.1 Å². The molecule has 4 heterocycles. The van der Waals surface area contributed by atoms with Crippen molar-refractivity contribution in [2.24, 2.45) is 0 Å². The minimum Gasteiger partial charge on any atom is -0.353 e. The van der Waals surface area contributed by atoms with Crippen molar-refractivity contribution in [1.29, 1.82) is 0 Å². The Balaban J connectivity index is 1.68. The van der Waals surface area contributed by atoms with Gasteiger partial charge in [-0.1, -0.05) is 63.2 Å². The molecular weight excluding hydrogens is 454 g/mol. The molecule has 0 N–H and O–H groups in total. The first-order valence-corrected chi connectivity index (χ1v) is 13.0. The Kier molecular flexibility index (Phi) is 7.82. The molecule has 4 rings (SSSR count). The molecule has 0 aromatic carbocycles. The molecule has 2 fully saturated rings. The second-order valence-electron chi connectivity index (χ2n) is 8.40. The number of thiocarbonyl (C=S) groups is 1. The Labute approximate surface area is 204 Å². The number of carbonyl (C=O) groups is 1. The highest BCUT2D eigenvalue weighted by molar-refractivity contribution is 8.26. The summed E-state index contributed by atoms with van der Waals surface area (Å²) in [5, 5.41) is 0. The molecule has 0 spiro atoms. The van der Waals surface area contributed by atoms with Crippen LogP contribution in [-0.2, 0) is 4.79 Å². The number of anilines is 1. The van der Waals surface area contributed by atoms with E-state index >= 15 is 0 Å². The third kappa shape index (κ3) is 5.15. The van der Waals surface area contributed by atoms with E-state index in [0.717, 1.165) is 58.4 Å². The van der Waals surface area contributed by atoms with E-state index < -0.39 is 0 Å². The Morgan fingerprint density at radius 2 is 1.88 bits per heavy atom. The predicted molar refractivity (Wildman–Crippen MR) is 140 cm³/mol. The van der Waals surface area contributed by atoms with Gasteiger partial charge in [0, 0.05) is 38.9 Å². The molecule has 7 nitrogen and oxygen atoms in total. The van der Waals surface area contributed by atoms with E-state index in [1.165, 1.54) is 11.8 Å². The van der Waals surface area contributed by atoms with E-state index in [1.54, 1.807) is 21.6 Å². The van der Waals surface area contributed by atoms with Gasteiger partial charge in [-0.25, -0.2) is 4.98 Å². The zero-order valence-electron chi connectivity index (χ0n) is 19.3. The number of thioether (sulfide) groups is 1. The molecule has 9 heteroatoms. The van der Waals surface area contributed by atoms with Crippen LogP contribution in [0.25, 0.3) is 11.7 Å². The van der Waals surface area contributed by atoms with Gasteiger partial charge >= 0.3 is 0 Å². The number of nitrogens with zero attached hydrogens (tertiary/aromatic N) is 5. The fraction of sp³-hybridized carbons (Fsp3) is 0.500. The van der Waals surface area contributed by atoms with Crippen LogP contribution in [0.5, 0.6) is 0 Å². The molecule has 2 aromatic rings. The number of fused-ring (bicyclic) bond motifs is 1. The first-order chi connectivity index (χ1) is 16.0. The van der Waals surface area contributed by atoms with E-state index in [-0.39, 0.29) is 11.5 Å². The van der Waals surface area contributed by atoms with Gasteiger partial charge in [0.05, 0.1) is 10.5 Å². The lowest BCUT2D eigenvalue weighted by Crippen LogP contribution is -2.47. The molecule has 0 bridgehead atoms. The number of amides is 1. The van der Waals surface area contributed by atoms with Crippen LogP contribution < -0.4 is 10.5 Å². The van der Waals surface area contributed by atoms with Crippen molar-refractivity contribution in [1.82, 2.24) is 19.2 Å². The topological polar surface area (TPSA) is 61.2 Å². The van der Waals surface area contributed by atoms with E-state index in [4.69, 9.17) is 17.2 Å². The lowest BCUT2D eigenvalue weighted by Gasteiger charge is -2.35. The Bertz CT molecular complexity index is 1120. The molecule has 0 radical (unpaired) electrons. The minimum atomic E-state index is -0.165. The number of carbonyl (C=O) groups excluding carboxylic acids is 1. The van der Waals surface area contributed by atoms with Crippen LogP contribution in [-0.4, -0.2) is 68.7 Å². The standard InChI is InChI=1S/C24H31N5O2S2/c1-3-5-6-8-12-29-23(31)19(33-24(29)32)17-18-21(27-15-13-26(4-2)14-16-27)25-20-10-7-9-11-28(20)22(18)30/h7,9-11,17H,3-6,8,12-16H2,1-2H3. The Hall–Kier alpha value is -2.23. The normalized spacial score (nSPS) is 18.8. The number of rotatable bonds is 8. The van der Waals surface area contributed by atoms with Crippen LogP contribution in [0.2, 0.25) is 0 Å². The maximum atomic E-state index is 13.5. The smallest absolute Gasteiger partial charge is 0.267 e. The van der Waals surface area contributed by atoms with Crippen molar-refractivity contribution in [3.63, 3.8) is 0 Å². The van der Waals surface area contributed by atoms with Crippen molar-refractivity contribution >= 4 is 51.7 Å². The summed E-state index contributed by atoms with van der Waals surface area (Å²) in [7, 11) is 0. The summed E-state index contributed by atoms with van der Waals surface area (Å²) in [5.41, 5.74) is 0.896. The van der Waals surface area contributed by atoms with Gasteiger partial charge in [0.2, 0.25) is 0 Å². The van der Waals surface area contributed by atoms with Gasteiger partial charge < -0.3 is 9.80 Å². The second-order valence-corrected chi connectivity index (χ2v) is 10.1. The molecule has 0 aliphatic carbocycles. The van der Waals surface area contributed by atoms with Crippen molar-refractivity contribution in [3.05, 3.63) is 45.2 Å². The first-order valence-electron chi connectivity index (χ1n) is 11.8. The van der Waals surface area contributed by atoms with Crippen LogP contribution in [0.3, 0.4) is 0 Å².